The molecule has 2 nitrogen and oxygen atoms in total. The van der Waals surface area contributed by atoms with E-state index in [1.54, 1.807) is 0 Å². The summed E-state index contributed by atoms with van der Waals surface area (Å²) in [4.78, 5) is 10.4. The number of carbonyl (C=O) groups is 1. The summed E-state index contributed by atoms with van der Waals surface area (Å²) in [5.41, 5.74) is 0. The van der Waals surface area contributed by atoms with Gasteiger partial charge in [-0.15, -0.1) is 0 Å². The van der Waals surface area contributed by atoms with Crippen LogP contribution in [0.15, 0.2) is 0 Å². The number of hydrogen-bond acceptors (Lipinski definition) is 1. The van der Waals surface area contributed by atoms with Crippen molar-refractivity contribution in [3.63, 3.8) is 0 Å². The van der Waals surface area contributed by atoms with Gasteiger partial charge in [0.15, 0.2) is 0 Å². The Morgan fingerprint density at radius 1 is 1.44 bits per heavy atom. The van der Waals surface area contributed by atoms with Crippen LogP contribution < -0.4 is 5.32 Å². The van der Waals surface area contributed by atoms with E-state index < -0.39 is 0 Å². The highest BCUT2D eigenvalue weighted by Gasteiger charge is 2.16. The van der Waals surface area contributed by atoms with E-state index in [-0.39, 0.29) is 5.91 Å². The van der Waals surface area contributed by atoms with Crippen molar-refractivity contribution in [3.8, 4) is 0 Å². The Labute approximate surface area is 55.6 Å². The van der Waals surface area contributed by atoms with Crippen molar-refractivity contribution in [2.45, 2.75) is 6.92 Å². The van der Waals surface area contributed by atoms with Gasteiger partial charge >= 0.3 is 0 Å². The summed E-state index contributed by atoms with van der Waals surface area (Å²) in [6.07, 6.45) is 7.46. The Kier molecular flexibility index (Phi) is 2.09. The molecule has 47 valence electrons. The normalized spacial score (nSPS) is 20.1. The van der Waals surface area contributed by atoms with Crippen LogP contribution >= 0.6 is 0 Å². The molecule has 1 rings (SSSR count). The van der Waals surface area contributed by atoms with Gasteiger partial charge in [-0.3, -0.25) is 4.79 Å². The monoisotopic (exact) mass is 122 g/mol. The molecule has 0 atom stereocenters. The number of rotatable bonds is 1. The second kappa shape index (κ2) is 2.85. The summed E-state index contributed by atoms with van der Waals surface area (Å²) in [7, 11) is 0. The topological polar surface area (TPSA) is 29.1 Å². The number of amides is 1. The average molecular weight is 122 g/mol. The molecule has 0 saturated heterocycles. The fourth-order valence-corrected chi connectivity index (χ4v) is 0.661. The van der Waals surface area contributed by atoms with E-state index >= 15 is 0 Å². The van der Waals surface area contributed by atoms with Crippen LogP contribution in [0.3, 0.4) is 0 Å². The first-order chi connectivity index (χ1) is 4.29. The molecule has 0 aliphatic heterocycles. The molecule has 9 heavy (non-hydrogen) atoms. The van der Waals surface area contributed by atoms with Gasteiger partial charge in [0.05, 0.1) is 6.04 Å². The van der Waals surface area contributed by atoms with Crippen LogP contribution in [0.25, 0.3) is 0 Å². The van der Waals surface area contributed by atoms with Crippen molar-refractivity contribution in [3.05, 3.63) is 31.7 Å². The Bertz CT molecular complexity index is 105. The molecule has 1 aliphatic carbocycles. The van der Waals surface area contributed by atoms with E-state index in [0.717, 1.165) is 6.04 Å². The quantitative estimate of drug-likeness (QED) is 0.538. The molecular weight excluding hydrogens is 114 g/mol. The Balaban J connectivity index is 2.19. The van der Waals surface area contributed by atoms with Gasteiger partial charge < -0.3 is 5.32 Å². The molecule has 1 amide bonds. The van der Waals surface area contributed by atoms with Crippen molar-refractivity contribution >= 4 is 5.91 Å². The van der Waals surface area contributed by atoms with Gasteiger partial charge in [-0.1, -0.05) is 0 Å². The van der Waals surface area contributed by atoms with Crippen molar-refractivity contribution in [2.24, 2.45) is 0 Å². The minimum absolute atomic E-state index is 0.0267. The van der Waals surface area contributed by atoms with Crippen LogP contribution in [0.4, 0.5) is 0 Å². The molecule has 5 radical (unpaired) electrons. The van der Waals surface area contributed by atoms with Crippen LogP contribution in [0.2, 0.25) is 0 Å². The van der Waals surface area contributed by atoms with Gasteiger partial charge in [0.1, 0.15) is 0 Å². The standard InChI is InChI=1S/C7H8NO/c1-6(9)8-7-4-2-3-5-7/h2-5H,1H3,(H,8,9). The zero-order chi connectivity index (χ0) is 6.69. The molecule has 0 aromatic carbocycles. The first-order valence-corrected chi connectivity index (χ1v) is 2.78. The lowest BCUT2D eigenvalue weighted by molar-refractivity contribution is -0.118. The van der Waals surface area contributed by atoms with Gasteiger partial charge in [-0.2, -0.15) is 0 Å². The molecule has 0 bridgehead atoms. The Hall–Kier alpha value is -0.530. The van der Waals surface area contributed by atoms with E-state index in [9.17, 15) is 4.79 Å². The highest BCUT2D eigenvalue weighted by molar-refractivity contribution is 5.75. The molecule has 0 aromatic heterocycles. The van der Waals surface area contributed by atoms with Crippen LogP contribution in [-0.2, 0) is 4.79 Å². The molecule has 0 spiro atoms. The van der Waals surface area contributed by atoms with Crippen LogP contribution in [0.5, 0.6) is 0 Å². The summed E-state index contributed by atoms with van der Waals surface area (Å²) >= 11 is 0. The number of hydrogen-bond donors (Lipinski definition) is 1. The van der Waals surface area contributed by atoms with Gasteiger partial charge in [0, 0.05) is 6.92 Å². The molecule has 2 heteroatoms. The zero-order valence-electron chi connectivity index (χ0n) is 5.22. The van der Waals surface area contributed by atoms with Crippen LogP contribution in [-0.4, -0.2) is 5.91 Å². The maximum atomic E-state index is 10.4. The van der Waals surface area contributed by atoms with Crippen molar-refractivity contribution in [1.82, 2.24) is 5.32 Å². The molecular formula is C7H8NO. The lowest BCUT2D eigenvalue weighted by Crippen LogP contribution is -2.23. The Morgan fingerprint density at radius 3 is 2.44 bits per heavy atom. The molecule has 1 N–H and O–H groups in total. The summed E-state index contributed by atoms with van der Waals surface area (Å²) in [6.45, 7) is 1.49. The molecule has 1 saturated carbocycles. The van der Waals surface area contributed by atoms with E-state index in [1.807, 2.05) is 25.7 Å². The van der Waals surface area contributed by atoms with Gasteiger partial charge in [0.25, 0.3) is 0 Å². The molecule has 1 fully saturated rings. The third-order valence-corrected chi connectivity index (χ3v) is 0.983. The highest BCUT2D eigenvalue weighted by atomic mass is 16.1. The minimum Gasteiger partial charge on any atom is -0.348 e. The fourth-order valence-electron chi connectivity index (χ4n) is 0.661. The SMILES string of the molecule is CC(=O)N[C]1[CH][CH][CH][CH]1. The minimum atomic E-state index is -0.0267. The molecule has 0 heterocycles. The maximum absolute atomic E-state index is 10.4. The molecule has 1 aliphatic rings. The predicted octanol–water partition coefficient (Wildman–Crippen LogP) is 0.485. The van der Waals surface area contributed by atoms with Crippen LogP contribution in [0.1, 0.15) is 6.92 Å². The number of nitrogens with one attached hydrogen (secondary N) is 1. The third kappa shape index (κ3) is 2.04. The van der Waals surface area contributed by atoms with Crippen LogP contribution in [0, 0.1) is 31.7 Å². The zero-order valence-corrected chi connectivity index (χ0v) is 5.22. The summed E-state index contributed by atoms with van der Waals surface area (Å²) in [5.74, 6) is -0.0267. The van der Waals surface area contributed by atoms with Crippen molar-refractivity contribution in [2.75, 3.05) is 0 Å². The lowest BCUT2D eigenvalue weighted by atomic mass is 10.2. The lowest BCUT2D eigenvalue weighted by Gasteiger charge is -2.05. The highest BCUT2D eigenvalue weighted by Crippen LogP contribution is 2.19. The van der Waals surface area contributed by atoms with Gasteiger partial charge in [0.2, 0.25) is 5.91 Å². The summed E-state index contributed by atoms with van der Waals surface area (Å²) in [5, 5.41) is 2.65. The van der Waals surface area contributed by atoms with E-state index in [0.29, 0.717) is 0 Å². The molecule has 0 aromatic rings. The second-order valence-electron chi connectivity index (χ2n) is 1.85. The van der Waals surface area contributed by atoms with E-state index in [1.165, 1.54) is 6.92 Å². The first-order valence-electron chi connectivity index (χ1n) is 2.78. The first kappa shape index (κ1) is 6.59. The maximum Gasteiger partial charge on any atom is 0.217 e. The summed E-state index contributed by atoms with van der Waals surface area (Å²) < 4.78 is 0. The van der Waals surface area contributed by atoms with Gasteiger partial charge in [-0.25, -0.2) is 0 Å². The van der Waals surface area contributed by atoms with Gasteiger partial charge in [-0.05, 0) is 25.7 Å². The average Bonchev–Trinajstić information content (AvgIpc) is 2.15. The number of carbonyl (C=O) groups excluding carboxylic acids is 1. The summed E-state index contributed by atoms with van der Waals surface area (Å²) in [6, 6.07) is 0.863. The largest absolute Gasteiger partial charge is 0.348 e. The molecule has 0 unspecified atom stereocenters. The van der Waals surface area contributed by atoms with Crippen molar-refractivity contribution in [1.29, 1.82) is 0 Å². The van der Waals surface area contributed by atoms with E-state index in [2.05, 4.69) is 5.32 Å². The van der Waals surface area contributed by atoms with Crippen molar-refractivity contribution < 1.29 is 4.79 Å². The smallest absolute Gasteiger partial charge is 0.217 e. The fraction of sp³-hybridized carbons (Fsp3) is 0.143. The Morgan fingerprint density at radius 2 is 2.00 bits per heavy atom. The van der Waals surface area contributed by atoms with E-state index in [4.69, 9.17) is 0 Å². The third-order valence-electron chi connectivity index (χ3n) is 0.983. The second-order valence-corrected chi connectivity index (χ2v) is 1.85. The predicted molar refractivity (Wildman–Crippen MR) is 34.3 cm³/mol.